The molecule has 20 heavy (non-hydrogen) atoms. The van der Waals surface area contributed by atoms with Crippen LogP contribution in [0.15, 0.2) is 28.7 Å². The van der Waals surface area contributed by atoms with Crippen molar-refractivity contribution in [2.75, 3.05) is 25.5 Å². The maximum Gasteiger partial charge on any atom is 0.238 e. The van der Waals surface area contributed by atoms with Crippen LogP contribution in [0.4, 0.5) is 5.69 Å². The Morgan fingerprint density at radius 1 is 1.45 bits per heavy atom. The van der Waals surface area contributed by atoms with Gasteiger partial charge in [0.1, 0.15) is 0 Å². The molecule has 1 aliphatic rings. The zero-order valence-electron chi connectivity index (χ0n) is 11.8. The lowest BCUT2D eigenvalue weighted by molar-refractivity contribution is -0.117. The van der Waals surface area contributed by atoms with Crippen LogP contribution in [0.25, 0.3) is 0 Å². The Kier molecular flexibility index (Phi) is 5.57. The smallest absolute Gasteiger partial charge is 0.238 e. The van der Waals surface area contributed by atoms with Gasteiger partial charge in [0.25, 0.3) is 0 Å². The highest BCUT2D eigenvalue weighted by Crippen LogP contribution is 2.28. The van der Waals surface area contributed by atoms with Crippen molar-refractivity contribution < 1.29 is 4.79 Å². The van der Waals surface area contributed by atoms with E-state index in [0.717, 1.165) is 16.6 Å². The van der Waals surface area contributed by atoms with Crippen LogP contribution in [0.2, 0.25) is 0 Å². The Morgan fingerprint density at radius 2 is 2.20 bits per heavy atom. The van der Waals surface area contributed by atoms with Gasteiger partial charge < -0.3 is 11.1 Å². The third-order valence-corrected chi connectivity index (χ3v) is 4.72. The normalized spacial score (nSPS) is 22.2. The van der Waals surface area contributed by atoms with Crippen molar-refractivity contribution in [3.05, 3.63) is 28.7 Å². The van der Waals surface area contributed by atoms with E-state index >= 15 is 0 Å². The fourth-order valence-electron chi connectivity index (χ4n) is 2.97. The van der Waals surface area contributed by atoms with Gasteiger partial charge >= 0.3 is 0 Å². The molecule has 0 saturated heterocycles. The SMILES string of the molecule is CN(CC(=O)Nc1ccccc1Br)C1CCCC1CN. The fourth-order valence-corrected chi connectivity index (χ4v) is 3.35. The third-order valence-electron chi connectivity index (χ3n) is 4.03. The summed E-state index contributed by atoms with van der Waals surface area (Å²) in [5, 5.41) is 2.94. The van der Waals surface area contributed by atoms with Gasteiger partial charge in [0.15, 0.2) is 0 Å². The predicted molar refractivity (Wildman–Crippen MR) is 85.6 cm³/mol. The van der Waals surface area contributed by atoms with E-state index in [1.54, 1.807) is 0 Å². The summed E-state index contributed by atoms with van der Waals surface area (Å²) in [6.07, 6.45) is 3.53. The van der Waals surface area contributed by atoms with Crippen molar-refractivity contribution in [3.8, 4) is 0 Å². The second-order valence-electron chi connectivity index (χ2n) is 5.44. The molecular formula is C15H22BrN3O. The van der Waals surface area contributed by atoms with Gasteiger partial charge in [0, 0.05) is 10.5 Å². The first-order valence-corrected chi connectivity index (χ1v) is 7.85. The molecule has 0 bridgehead atoms. The highest BCUT2D eigenvalue weighted by atomic mass is 79.9. The largest absolute Gasteiger partial charge is 0.330 e. The van der Waals surface area contributed by atoms with Crippen LogP contribution in [0, 0.1) is 5.92 Å². The Balaban J connectivity index is 1.90. The average Bonchev–Trinajstić information content (AvgIpc) is 2.89. The van der Waals surface area contributed by atoms with Crippen LogP contribution in [0.1, 0.15) is 19.3 Å². The van der Waals surface area contributed by atoms with Gasteiger partial charge in [-0.15, -0.1) is 0 Å². The number of amides is 1. The van der Waals surface area contributed by atoms with Gasteiger partial charge in [-0.2, -0.15) is 0 Å². The lowest BCUT2D eigenvalue weighted by Gasteiger charge is -2.28. The molecule has 110 valence electrons. The molecule has 0 aliphatic heterocycles. The number of hydrogen-bond acceptors (Lipinski definition) is 3. The minimum atomic E-state index is 0.0158. The lowest BCUT2D eigenvalue weighted by atomic mass is 10.0. The number of halogens is 1. The summed E-state index contributed by atoms with van der Waals surface area (Å²) in [4.78, 5) is 14.3. The molecule has 1 saturated carbocycles. The molecule has 0 aromatic heterocycles. The summed E-state index contributed by atoms with van der Waals surface area (Å²) in [6, 6.07) is 8.08. The summed E-state index contributed by atoms with van der Waals surface area (Å²) >= 11 is 3.43. The van der Waals surface area contributed by atoms with Crippen molar-refractivity contribution in [3.63, 3.8) is 0 Å². The quantitative estimate of drug-likeness (QED) is 0.866. The van der Waals surface area contributed by atoms with Crippen LogP contribution in [0.5, 0.6) is 0 Å². The maximum atomic E-state index is 12.1. The van der Waals surface area contributed by atoms with E-state index in [1.165, 1.54) is 12.8 Å². The van der Waals surface area contributed by atoms with Gasteiger partial charge in [-0.25, -0.2) is 0 Å². The molecular weight excluding hydrogens is 318 g/mol. The number of anilines is 1. The second kappa shape index (κ2) is 7.20. The first-order valence-electron chi connectivity index (χ1n) is 7.06. The Bertz CT molecular complexity index is 466. The van der Waals surface area contributed by atoms with E-state index in [4.69, 9.17) is 5.73 Å². The number of rotatable bonds is 5. The molecule has 4 nitrogen and oxygen atoms in total. The van der Waals surface area contributed by atoms with Gasteiger partial charge in [-0.3, -0.25) is 9.69 Å². The summed E-state index contributed by atoms with van der Waals surface area (Å²) in [7, 11) is 2.01. The topological polar surface area (TPSA) is 58.4 Å². The van der Waals surface area contributed by atoms with E-state index < -0.39 is 0 Å². The molecule has 0 spiro atoms. The molecule has 1 amide bonds. The van der Waals surface area contributed by atoms with Crippen molar-refractivity contribution >= 4 is 27.5 Å². The van der Waals surface area contributed by atoms with Crippen LogP contribution in [0.3, 0.4) is 0 Å². The van der Waals surface area contributed by atoms with Crippen molar-refractivity contribution in [1.82, 2.24) is 4.90 Å². The summed E-state index contributed by atoms with van der Waals surface area (Å²) in [6.45, 7) is 1.11. The fraction of sp³-hybridized carbons (Fsp3) is 0.533. The molecule has 5 heteroatoms. The Morgan fingerprint density at radius 3 is 2.90 bits per heavy atom. The zero-order valence-corrected chi connectivity index (χ0v) is 13.4. The number of nitrogens with two attached hydrogens (primary N) is 1. The first-order chi connectivity index (χ1) is 9.61. The van der Waals surface area contributed by atoms with E-state index in [0.29, 0.717) is 25.0 Å². The van der Waals surface area contributed by atoms with Gasteiger partial charge in [0.05, 0.1) is 12.2 Å². The summed E-state index contributed by atoms with van der Waals surface area (Å²) in [5.41, 5.74) is 6.62. The molecule has 0 heterocycles. The summed E-state index contributed by atoms with van der Waals surface area (Å²) in [5.74, 6) is 0.540. The minimum absolute atomic E-state index is 0.0158. The number of likely N-dealkylation sites (N-methyl/N-ethyl adjacent to an activating group) is 1. The second-order valence-corrected chi connectivity index (χ2v) is 6.29. The van der Waals surface area contributed by atoms with Crippen molar-refractivity contribution in [1.29, 1.82) is 0 Å². The standard InChI is InChI=1S/C15H22BrN3O/c1-19(14-8-4-5-11(14)9-17)10-15(20)18-13-7-3-2-6-12(13)16/h2-3,6-7,11,14H,4-5,8-10,17H2,1H3,(H,18,20). The highest BCUT2D eigenvalue weighted by Gasteiger charge is 2.30. The molecule has 1 aromatic rings. The molecule has 2 unspecified atom stereocenters. The minimum Gasteiger partial charge on any atom is -0.330 e. The predicted octanol–water partition coefficient (Wildman–Crippen LogP) is 2.45. The van der Waals surface area contributed by atoms with Crippen LogP contribution in [-0.4, -0.2) is 37.0 Å². The van der Waals surface area contributed by atoms with Crippen molar-refractivity contribution in [2.45, 2.75) is 25.3 Å². The van der Waals surface area contributed by atoms with E-state index in [9.17, 15) is 4.79 Å². The Labute approximate surface area is 128 Å². The van der Waals surface area contributed by atoms with Crippen molar-refractivity contribution in [2.24, 2.45) is 11.7 Å². The number of hydrogen-bond donors (Lipinski definition) is 2. The Hall–Kier alpha value is -0.910. The molecule has 2 rings (SSSR count). The number of carbonyl (C=O) groups is 1. The maximum absolute atomic E-state index is 12.1. The number of nitrogens with zero attached hydrogens (tertiary/aromatic N) is 1. The zero-order chi connectivity index (χ0) is 14.5. The monoisotopic (exact) mass is 339 g/mol. The van der Waals surface area contributed by atoms with Gasteiger partial charge in [0.2, 0.25) is 5.91 Å². The van der Waals surface area contributed by atoms with Crippen LogP contribution in [-0.2, 0) is 4.79 Å². The van der Waals surface area contributed by atoms with E-state index in [1.807, 2.05) is 31.3 Å². The molecule has 0 radical (unpaired) electrons. The van der Waals surface area contributed by atoms with Gasteiger partial charge in [-0.1, -0.05) is 18.6 Å². The number of carbonyl (C=O) groups excluding carboxylic acids is 1. The number of benzene rings is 1. The third kappa shape index (κ3) is 3.81. The van der Waals surface area contributed by atoms with E-state index in [-0.39, 0.29) is 5.91 Å². The lowest BCUT2D eigenvalue weighted by Crippen LogP contribution is -2.41. The molecule has 3 N–H and O–H groups in total. The van der Waals surface area contributed by atoms with E-state index in [2.05, 4.69) is 26.1 Å². The molecule has 2 atom stereocenters. The molecule has 1 fully saturated rings. The number of nitrogens with one attached hydrogen (secondary N) is 1. The van der Waals surface area contributed by atoms with Crippen LogP contribution >= 0.6 is 15.9 Å². The summed E-state index contributed by atoms with van der Waals surface area (Å²) < 4.78 is 0.900. The molecule has 1 aromatic carbocycles. The highest BCUT2D eigenvalue weighted by molar-refractivity contribution is 9.10. The van der Waals surface area contributed by atoms with Gasteiger partial charge in [-0.05, 0) is 60.4 Å². The number of para-hydroxylation sites is 1. The first kappa shape index (κ1) is 15.5. The average molecular weight is 340 g/mol. The molecule has 1 aliphatic carbocycles. The van der Waals surface area contributed by atoms with Crippen LogP contribution < -0.4 is 11.1 Å².